The van der Waals surface area contributed by atoms with Crippen LogP contribution in [0.3, 0.4) is 0 Å². The van der Waals surface area contributed by atoms with E-state index < -0.39 is 0 Å². The van der Waals surface area contributed by atoms with E-state index in [2.05, 4.69) is 12.2 Å². The summed E-state index contributed by atoms with van der Waals surface area (Å²) in [5.74, 6) is 2.30. The third-order valence-electron chi connectivity index (χ3n) is 3.54. The molecular formula is C16H18ClNO3. The van der Waals surface area contributed by atoms with Gasteiger partial charge in [0.05, 0.1) is 12.3 Å². The van der Waals surface area contributed by atoms with Gasteiger partial charge in [-0.25, -0.2) is 0 Å². The monoisotopic (exact) mass is 307 g/mol. The van der Waals surface area contributed by atoms with Gasteiger partial charge in [-0.2, -0.15) is 0 Å². The minimum Gasteiger partial charge on any atom is -0.486 e. The SMILES string of the molecule is CCNC(c1cc2c(cc1Cl)OCCO2)c1occc1C. The summed E-state index contributed by atoms with van der Waals surface area (Å²) in [5, 5.41) is 4.06. The van der Waals surface area contributed by atoms with Gasteiger partial charge in [0.1, 0.15) is 19.0 Å². The molecule has 1 N–H and O–H groups in total. The molecular weight excluding hydrogens is 290 g/mol. The summed E-state index contributed by atoms with van der Waals surface area (Å²) in [6.07, 6.45) is 1.70. The fraction of sp³-hybridized carbons (Fsp3) is 0.375. The maximum absolute atomic E-state index is 6.44. The molecule has 4 nitrogen and oxygen atoms in total. The summed E-state index contributed by atoms with van der Waals surface area (Å²) >= 11 is 6.44. The van der Waals surface area contributed by atoms with Crippen LogP contribution in [0.5, 0.6) is 11.5 Å². The molecule has 5 heteroatoms. The topological polar surface area (TPSA) is 43.6 Å². The van der Waals surface area contributed by atoms with E-state index in [0.29, 0.717) is 24.0 Å². The Kier molecular flexibility index (Phi) is 4.08. The van der Waals surface area contributed by atoms with E-state index in [0.717, 1.165) is 29.2 Å². The highest BCUT2D eigenvalue weighted by Crippen LogP contribution is 2.39. The zero-order chi connectivity index (χ0) is 14.8. The Labute approximate surface area is 129 Å². The second kappa shape index (κ2) is 6.00. The third-order valence-corrected chi connectivity index (χ3v) is 3.87. The molecule has 1 aromatic carbocycles. The van der Waals surface area contributed by atoms with Crippen molar-refractivity contribution in [3.63, 3.8) is 0 Å². The minimum atomic E-state index is -0.103. The van der Waals surface area contributed by atoms with Crippen LogP contribution in [0.15, 0.2) is 28.9 Å². The van der Waals surface area contributed by atoms with Crippen molar-refractivity contribution in [1.82, 2.24) is 5.32 Å². The van der Waals surface area contributed by atoms with Crippen molar-refractivity contribution < 1.29 is 13.9 Å². The lowest BCUT2D eigenvalue weighted by atomic mass is 10.0. The molecule has 1 unspecified atom stereocenters. The second-order valence-corrected chi connectivity index (χ2v) is 5.38. The van der Waals surface area contributed by atoms with Crippen LogP contribution in [0, 0.1) is 6.92 Å². The molecule has 112 valence electrons. The largest absolute Gasteiger partial charge is 0.486 e. The van der Waals surface area contributed by atoms with Gasteiger partial charge in [0.25, 0.3) is 0 Å². The lowest BCUT2D eigenvalue weighted by molar-refractivity contribution is 0.171. The van der Waals surface area contributed by atoms with Crippen LogP contribution < -0.4 is 14.8 Å². The Morgan fingerprint density at radius 2 is 1.95 bits per heavy atom. The van der Waals surface area contributed by atoms with Gasteiger partial charge in [0.2, 0.25) is 0 Å². The highest BCUT2D eigenvalue weighted by molar-refractivity contribution is 6.31. The van der Waals surface area contributed by atoms with Crippen molar-refractivity contribution in [1.29, 1.82) is 0 Å². The van der Waals surface area contributed by atoms with Crippen molar-refractivity contribution >= 4 is 11.6 Å². The molecule has 0 radical (unpaired) electrons. The maximum Gasteiger partial charge on any atom is 0.162 e. The molecule has 0 amide bonds. The van der Waals surface area contributed by atoms with Crippen LogP contribution in [-0.2, 0) is 0 Å². The normalized spacial score (nSPS) is 15.0. The summed E-state index contributed by atoms with van der Waals surface area (Å²) in [6, 6.07) is 5.60. The van der Waals surface area contributed by atoms with E-state index in [9.17, 15) is 0 Å². The van der Waals surface area contributed by atoms with Gasteiger partial charge in [-0.1, -0.05) is 18.5 Å². The molecule has 1 aromatic heterocycles. The standard InChI is InChI=1S/C16H18ClNO3/c1-3-18-15(16-10(2)4-5-21-16)11-8-13-14(9-12(11)17)20-7-6-19-13/h4-5,8-9,15,18H,3,6-7H2,1-2H3. The third kappa shape index (κ3) is 2.74. The molecule has 0 saturated carbocycles. The number of nitrogens with one attached hydrogen (secondary N) is 1. The number of benzene rings is 1. The number of fused-ring (bicyclic) bond motifs is 1. The first-order valence-electron chi connectivity index (χ1n) is 7.07. The van der Waals surface area contributed by atoms with Crippen molar-refractivity contribution in [3.05, 3.63) is 46.4 Å². The quantitative estimate of drug-likeness (QED) is 0.935. The molecule has 1 atom stereocenters. The first-order valence-corrected chi connectivity index (χ1v) is 7.45. The Morgan fingerprint density at radius 3 is 2.57 bits per heavy atom. The predicted octanol–water partition coefficient (Wildman–Crippen LogP) is 3.71. The lowest BCUT2D eigenvalue weighted by Crippen LogP contribution is -2.23. The number of furan rings is 1. The van der Waals surface area contributed by atoms with Crippen LogP contribution in [0.4, 0.5) is 0 Å². The van der Waals surface area contributed by atoms with Crippen LogP contribution in [0.2, 0.25) is 5.02 Å². The summed E-state index contributed by atoms with van der Waals surface area (Å²) in [5.41, 5.74) is 2.02. The zero-order valence-electron chi connectivity index (χ0n) is 12.1. The number of rotatable bonds is 4. The fourth-order valence-corrected chi connectivity index (χ4v) is 2.79. The molecule has 3 rings (SSSR count). The Bertz CT molecular complexity index is 638. The Morgan fingerprint density at radius 1 is 1.24 bits per heavy atom. The zero-order valence-corrected chi connectivity index (χ0v) is 12.9. The average molecular weight is 308 g/mol. The minimum absolute atomic E-state index is 0.103. The number of ether oxygens (including phenoxy) is 2. The molecule has 1 aliphatic heterocycles. The first kappa shape index (κ1) is 14.3. The predicted molar refractivity (Wildman–Crippen MR) is 81.4 cm³/mol. The van der Waals surface area contributed by atoms with Crippen LogP contribution in [0.25, 0.3) is 0 Å². The smallest absolute Gasteiger partial charge is 0.162 e. The first-order chi connectivity index (χ1) is 10.2. The highest BCUT2D eigenvalue weighted by atomic mass is 35.5. The molecule has 0 bridgehead atoms. The van der Waals surface area contributed by atoms with E-state index in [4.69, 9.17) is 25.5 Å². The second-order valence-electron chi connectivity index (χ2n) is 4.98. The average Bonchev–Trinajstić information content (AvgIpc) is 2.90. The molecule has 1 aliphatic rings. The van der Waals surface area contributed by atoms with Gasteiger partial charge >= 0.3 is 0 Å². The van der Waals surface area contributed by atoms with Crippen molar-refractivity contribution in [2.24, 2.45) is 0 Å². The molecule has 0 saturated heterocycles. The van der Waals surface area contributed by atoms with Gasteiger partial charge in [-0.05, 0) is 36.7 Å². The fourth-order valence-electron chi connectivity index (χ4n) is 2.53. The van der Waals surface area contributed by atoms with Crippen molar-refractivity contribution in [2.45, 2.75) is 19.9 Å². The summed E-state index contributed by atoms with van der Waals surface area (Å²) in [6.45, 7) is 5.98. The molecule has 0 aliphatic carbocycles. The van der Waals surface area contributed by atoms with Crippen molar-refractivity contribution in [3.8, 4) is 11.5 Å². The molecule has 0 spiro atoms. The van der Waals surface area contributed by atoms with Crippen molar-refractivity contribution in [2.75, 3.05) is 19.8 Å². The van der Waals surface area contributed by atoms with Gasteiger partial charge in [-0.15, -0.1) is 0 Å². The number of hydrogen-bond donors (Lipinski definition) is 1. The van der Waals surface area contributed by atoms with Crippen LogP contribution >= 0.6 is 11.6 Å². The number of halogens is 1. The van der Waals surface area contributed by atoms with Gasteiger partial charge in [0.15, 0.2) is 11.5 Å². The molecule has 21 heavy (non-hydrogen) atoms. The van der Waals surface area contributed by atoms with Gasteiger partial charge < -0.3 is 19.2 Å². The summed E-state index contributed by atoms with van der Waals surface area (Å²) in [7, 11) is 0. The maximum atomic E-state index is 6.44. The molecule has 2 heterocycles. The number of aryl methyl sites for hydroxylation is 1. The van der Waals surface area contributed by atoms with E-state index >= 15 is 0 Å². The van der Waals surface area contributed by atoms with Gasteiger partial charge in [0, 0.05) is 11.1 Å². The highest BCUT2D eigenvalue weighted by Gasteiger charge is 2.24. The van der Waals surface area contributed by atoms with Crippen LogP contribution in [0.1, 0.15) is 29.9 Å². The van der Waals surface area contributed by atoms with E-state index in [1.807, 2.05) is 25.1 Å². The van der Waals surface area contributed by atoms with E-state index in [-0.39, 0.29) is 6.04 Å². The lowest BCUT2D eigenvalue weighted by Gasteiger charge is -2.23. The number of hydrogen-bond acceptors (Lipinski definition) is 4. The van der Waals surface area contributed by atoms with E-state index in [1.54, 1.807) is 6.26 Å². The summed E-state index contributed by atoms with van der Waals surface area (Å²) < 4.78 is 16.9. The molecule has 2 aromatic rings. The Balaban J connectivity index is 2.05. The van der Waals surface area contributed by atoms with E-state index in [1.165, 1.54) is 0 Å². The Hall–Kier alpha value is -1.65. The molecule has 0 fully saturated rings. The summed E-state index contributed by atoms with van der Waals surface area (Å²) in [4.78, 5) is 0. The van der Waals surface area contributed by atoms with Crippen LogP contribution in [-0.4, -0.2) is 19.8 Å². The van der Waals surface area contributed by atoms with Gasteiger partial charge in [-0.3, -0.25) is 0 Å².